The van der Waals surface area contributed by atoms with Gasteiger partial charge in [-0.3, -0.25) is 0 Å². The van der Waals surface area contributed by atoms with Crippen molar-refractivity contribution in [2.45, 2.75) is 32.1 Å². The summed E-state index contributed by atoms with van der Waals surface area (Å²) in [6.45, 7) is 0.669. The molecule has 1 N–H and O–H groups in total. The first kappa shape index (κ1) is 23.3. The third-order valence-corrected chi connectivity index (χ3v) is 5.63. The van der Waals surface area contributed by atoms with Crippen molar-refractivity contribution < 1.29 is 23.4 Å². The third-order valence-electron chi connectivity index (χ3n) is 5.63. The predicted octanol–water partition coefficient (Wildman–Crippen LogP) is 5.60. The zero-order valence-corrected chi connectivity index (χ0v) is 18.4. The van der Waals surface area contributed by atoms with E-state index >= 15 is 0 Å². The van der Waals surface area contributed by atoms with Gasteiger partial charge in [-0.25, -0.2) is 18.6 Å². The van der Waals surface area contributed by atoms with E-state index in [9.17, 15) is 18.7 Å². The minimum absolute atomic E-state index is 0.190. The maximum atomic E-state index is 13.4. The fourth-order valence-electron chi connectivity index (χ4n) is 3.78. The van der Waals surface area contributed by atoms with Gasteiger partial charge in [-0.15, -0.1) is 0 Å². The lowest BCUT2D eigenvalue weighted by atomic mass is 9.98. The standard InChI is InChI=1S/C27H24F2N2O3/c28-23-9-3-19(4-10-23)1-5-21-6-2-20(15-25(21)27(32)33)17-34-26(16-31-14-13-30-18-31)22-7-11-24(29)12-8-22/h2-4,6-15,18,26H,1,5,16-17H2,(H,32,33). The van der Waals surface area contributed by atoms with E-state index < -0.39 is 5.97 Å². The zero-order chi connectivity index (χ0) is 23.9. The van der Waals surface area contributed by atoms with Crippen LogP contribution in [-0.2, 0) is 30.7 Å². The lowest BCUT2D eigenvalue weighted by Gasteiger charge is -2.19. The molecule has 0 aliphatic rings. The molecule has 7 heteroatoms. The van der Waals surface area contributed by atoms with Crippen molar-refractivity contribution in [3.63, 3.8) is 0 Å². The summed E-state index contributed by atoms with van der Waals surface area (Å²) in [6, 6.07) is 17.6. The molecule has 174 valence electrons. The van der Waals surface area contributed by atoms with Gasteiger partial charge in [0.05, 0.1) is 25.0 Å². The Hall–Kier alpha value is -3.84. The van der Waals surface area contributed by atoms with Crippen LogP contribution in [0.4, 0.5) is 8.78 Å². The number of carboxylic acid groups (broad SMARTS) is 1. The highest BCUT2D eigenvalue weighted by Crippen LogP contribution is 2.23. The SMILES string of the molecule is O=C(O)c1cc(COC(Cn2ccnc2)c2ccc(F)cc2)ccc1CCc1ccc(F)cc1. The summed E-state index contributed by atoms with van der Waals surface area (Å²) < 4.78 is 34.5. The summed E-state index contributed by atoms with van der Waals surface area (Å²) >= 11 is 0. The Labute approximate surface area is 196 Å². The Kier molecular flexibility index (Phi) is 7.44. The number of ether oxygens (including phenoxy) is 1. The van der Waals surface area contributed by atoms with Gasteiger partial charge >= 0.3 is 5.97 Å². The van der Waals surface area contributed by atoms with Gasteiger partial charge in [-0.05, 0) is 65.4 Å². The average molecular weight is 462 g/mol. The lowest BCUT2D eigenvalue weighted by Crippen LogP contribution is -2.12. The average Bonchev–Trinajstić information content (AvgIpc) is 3.35. The van der Waals surface area contributed by atoms with E-state index in [0.717, 1.165) is 16.7 Å². The highest BCUT2D eigenvalue weighted by Gasteiger charge is 2.16. The van der Waals surface area contributed by atoms with E-state index in [1.54, 1.807) is 48.9 Å². The Bertz CT molecular complexity index is 1220. The predicted molar refractivity (Wildman–Crippen MR) is 123 cm³/mol. The number of carbonyl (C=O) groups is 1. The molecule has 0 bridgehead atoms. The number of aromatic nitrogens is 2. The number of hydrogen-bond donors (Lipinski definition) is 1. The highest BCUT2D eigenvalue weighted by atomic mass is 19.1. The molecule has 3 aromatic carbocycles. The van der Waals surface area contributed by atoms with Crippen LogP contribution in [0, 0.1) is 11.6 Å². The Morgan fingerprint density at radius 1 is 0.941 bits per heavy atom. The fourth-order valence-corrected chi connectivity index (χ4v) is 3.78. The summed E-state index contributed by atoms with van der Waals surface area (Å²) in [5.41, 5.74) is 3.39. The molecule has 0 saturated heterocycles. The minimum Gasteiger partial charge on any atom is -0.478 e. The number of imidazole rings is 1. The van der Waals surface area contributed by atoms with Crippen LogP contribution in [0.15, 0.2) is 85.5 Å². The number of aryl methyl sites for hydroxylation is 2. The molecular formula is C27H24F2N2O3. The Balaban J connectivity index is 1.47. The topological polar surface area (TPSA) is 64.3 Å². The normalized spacial score (nSPS) is 11.9. The number of nitrogens with zero attached hydrogens (tertiary/aromatic N) is 2. The van der Waals surface area contributed by atoms with Crippen molar-refractivity contribution in [3.05, 3.63) is 125 Å². The number of rotatable bonds is 10. The van der Waals surface area contributed by atoms with E-state index in [1.807, 2.05) is 16.8 Å². The van der Waals surface area contributed by atoms with Crippen LogP contribution in [0.3, 0.4) is 0 Å². The second-order valence-electron chi connectivity index (χ2n) is 8.03. The molecule has 0 radical (unpaired) electrons. The van der Waals surface area contributed by atoms with Gasteiger partial charge in [0.2, 0.25) is 0 Å². The maximum Gasteiger partial charge on any atom is 0.335 e. The van der Waals surface area contributed by atoms with Crippen LogP contribution in [0.1, 0.15) is 38.7 Å². The number of carboxylic acids is 1. The van der Waals surface area contributed by atoms with Crippen LogP contribution in [0.2, 0.25) is 0 Å². The number of benzene rings is 3. The molecular weight excluding hydrogens is 438 g/mol. The van der Waals surface area contributed by atoms with Gasteiger partial charge in [0.25, 0.3) is 0 Å². The Morgan fingerprint density at radius 3 is 2.26 bits per heavy atom. The van der Waals surface area contributed by atoms with E-state index in [1.165, 1.54) is 24.3 Å². The quantitative estimate of drug-likeness (QED) is 0.333. The van der Waals surface area contributed by atoms with Crippen molar-refractivity contribution in [3.8, 4) is 0 Å². The molecule has 34 heavy (non-hydrogen) atoms. The zero-order valence-electron chi connectivity index (χ0n) is 18.4. The van der Waals surface area contributed by atoms with Crippen LogP contribution in [0.25, 0.3) is 0 Å². The molecule has 0 spiro atoms. The molecule has 1 unspecified atom stereocenters. The molecule has 0 amide bonds. The second kappa shape index (κ2) is 10.9. The van der Waals surface area contributed by atoms with Gasteiger partial charge in [0, 0.05) is 12.4 Å². The molecule has 0 aliphatic heterocycles. The first-order valence-corrected chi connectivity index (χ1v) is 10.9. The summed E-state index contributed by atoms with van der Waals surface area (Å²) in [5, 5.41) is 9.74. The van der Waals surface area contributed by atoms with E-state index in [-0.39, 0.29) is 29.9 Å². The van der Waals surface area contributed by atoms with Crippen LogP contribution in [0.5, 0.6) is 0 Å². The summed E-state index contributed by atoms with van der Waals surface area (Å²) in [6.07, 6.45) is 5.92. The van der Waals surface area contributed by atoms with Crippen molar-refractivity contribution in [2.75, 3.05) is 0 Å². The smallest absolute Gasteiger partial charge is 0.335 e. The van der Waals surface area contributed by atoms with Crippen molar-refractivity contribution in [1.29, 1.82) is 0 Å². The van der Waals surface area contributed by atoms with E-state index in [0.29, 0.717) is 24.9 Å². The van der Waals surface area contributed by atoms with Crippen LogP contribution < -0.4 is 0 Å². The van der Waals surface area contributed by atoms with Crippen LogP contribution >= 0.6 is 0 Å². The summed E-state index contributed by atoms with van der Waals surface area (Å²) in [5.74, 6) is -1.64. The largest absolute Gasteiger partial charge is 0.478 e. The Morgan fingerprint density at radius 2 is 1.62 bits per heavy atom. The molecule has 0 fully saturated rings. The summed E-state index contributed by atoms with van der Waals surface area (Å²) in [4.78, 5) is 15.9. The van der Waals surface area contributed by atoms with Gasteiger partial charge in [-0.2, -0.15) is 0 Å². The molecule has 5 nitrogen and oxygen atoms in total. The highest BCUT2D eigenvalue weighted by molar-refractivity contribution is 5.89. The van der Waals surface area contributed by atoms with Crippen molar-refractivity contribution in [2.24, 2.45) is 0 Å². The monoisotopic (exact) mass is 462 g/mol. The molecule has 1 aromatic heterocycles. The van der Waals surface area contributed by atoms with Crippen molar-refractivity contribution in [1.82, 2.24) is 9.55 Å². The van der Waals surface area contributed by atoms with Crippen molar-refractivity contribution >= 4 is 5.97 Å². The maximum absolute atomic E-state index is 13.4. The number of halogens is 2. The number of aromatic carboxylic acids is 1. The van der Waals surface area contributed by atoms with Crippen LogP contribution in [-0.4, -0.2) is 20.6 Å². The van der Waals surface area contributed by atoms with Gasteiger partial charge in [0.15, 0.2) is 0 Å². The number of hydrogen-bond acceptors (Lipinski definition) is 3. The molecule has 1 heterocycles. The van der Waals surface area contributed by atoms with Gasteiger partial charge in [0.1, 0.15) is 17.7 Å². The first-order chi connectivity index (χ1) is 16.5. The minimum atomic E-state index is -1.01. The van der Waals surface area contributed by atoms with Gasteiger partial charge in [-0.1, -0.05) is 36.4 Å². The van der Waals surface area contributed by atoms with E-state index in [4.69, 9.17) is 4.74 Å². The molecule has 0 saturated carbocycles. The van der Waals surface area contributed by atoms with Gasteiger partial charge < -0.3 is 14.4 Å². The second-order valence-corrected chi connectivity index (χ2v) is 8.03. The molecule has 1 atom stereocenters. The van der Waals surface area contributed by atoms with E-state index in [2.05, 4.69) is 4.98 Å². The lowest BCUT2D eigenvalue weighted by molar-refractivity contribution is 0.0279. The fraction of sp³-hybridized carbons (Fsp3) is 0.185. The molecule has 0 aliphatic carbocycles. The third kappa shape index (κ3) is 6.14. The molecule has 4 rings (SSSR count). The summed E-state index contributed by atoms with van der Waals surface area (Å²) in [7, 11) is 0. The molecule has 4 aromatic rings. The first-order valence-electron chi connectivity index (χ1n) is 10.9.